The van der Waals surface area contributed by atoms with Crippen LogP contribution >= 0.6 is 12.6 Å². The van der Waals surface area contributed by atoms with Crippen molar-refractivity contribution < 1.29 is 18.4 Å². The van der Waals surface area contributed by atoms with E-state index in [4.69, 9.17) is 0 Å². The van der Waals surface area contributed by atoms with Gasteiger partial charge in [0.2, 0.25) is 0 Å². The zero-order valence-corrected chi connectivity index (χ0v) is 11.3. The van der Waals surface area contributed by atoms with E-state index in [1.807, 2.05) is 0 Å². The molecular formula is C12H13F2N3O2S. The van der Waals surface area contributed by atoms with Gasteiger partial charge in [0.25, 0.3) is 5.91 Å². The molecule has 8 heteroatoms. The summed E-state index contributed by atoms with van der Waals surface area (Å²) in [6.07, 6.45) is 0. The van der Waals surface area contributed by atoms with Gasteiger partial charge in [-0.1, -0.05) is 0 Å². The predicted molar refractivity (Wildman–Crippen MR) is 73.3 cm³/mol. The van der Waals surface area contributed by atoms with Crippen LogP contribution in [0.15, 0.2) is 12.1 Å². The maximum absolute atomic E-state index is 13.8. The molecule has 0 atom stereocenters. The fourth-order valence-electron chi connectivity index (χ4n) is 1.88. The average Bonchev–Trinajstić information content (AvgIpc) is 2.82. The highest BCUT2D eigenvalue weighted by atomic mass is 32.1. The number of rotatable bonds is 4. The van der Waals surface area contributed by atoms with Crippen LogP contribution in [-0.4, -0.2) is 37.3 Å². The molecule has 0 bridgehead atoms. The molecule has 1 heterocycles. The van der Waals surface area contributed by atoms with Crippen LogP contribution in [-0.2, 0) is 0 Å². The summed E-state index contributed by atoms with van der Waals surface area (Å²) in [5.74, 6) is -2.12. The summed E-state index contributed by atoms with van der Waals surface area (Å²) in [5, 5.41) is 4.95. The molecule has 2 rings (SSSR count). The number of nitrogens with one attached hydrogen (secondary N) is 2. The van der Waals surface area contributed by atoms with Gasteiger partial charge in [0.1, 0.15) is 11.6 Å². The van der Waals surface area contributed by atoms with Gasteiger partial charge in [-0.2, -0.15) is 12.6 Å². The number of thiol groups is 1. The smallest absolute Gasteiger partial charge is 0.322 e. The van der Waals surface area contributed by atoms with Crippen molar-refractivity contribution >= 4 is 30.3 Å². The first-order valence-corrected chi connectivity index (χ1v) is 6.61. The first-order valence-electron chi connectivity index (χ1n) is 5.98. The summed E-state index contributed by atoms with van der Waals surface area (Å²) in [5.41, 5.74) is -0.416. The Bertz CT molecular complexity index is 554. The molecule has 0 radical (unpaired) electrons. The number of urea groups is 1. The summed E-state index contributed by atoms with van der Waals surface area (Å²) in [4.78, 5) is 24.4. The summed E-state index contributed by atoms with van der Waals surface area (Å²) >= 11 is 3.92. The van der Waals surface area contributed by atoms with Gasteiger partial charge in [0.15, 0.2) is 0 Å². The van der Waals surface area contributed by atoms with E-state index in [0.717, 1.165) is 11.0 Å². The molecule has 0 aromatic heterocycles. The maximum atomic E-state index is 13.8. The number of anilines is 1. The lowest BCUT2D eigenvalue weighted by Gasteiger charge is -2.16. The highest BCUT2D eigenvalue weighted by Crippen LogP contribution is 2.24. The molecule has 1 aromatic rings. The van der Waals surface area contributed by atoms with Crippen LogP contribution in [0.1, 0.15) is 10.4 Å². The summed E-state index contributed by atoms with van der Waals surface area (Å²) in [6.45, 7) is 0.897. The topological polar surface area (TPSA) is 61.4 Å². The van der Waals surface area contributed by atoms with Crippen molar-refractivity contribution in [3.63, 3.8) is 0 Å². The molecule has 108 valence electrons. The second-order valence-electron chi connectivity index (χ2n) is 4.15. The van der Waals surface area contributed by atoms with Crippen LogP contribution in [0.5, 0.6) is 0 Å². The third-order valence-electron chi connectivity index (χ3n) is 2.83. The number of nitrogens with zero attached hydrogens (tertiary/aromatic N) is 1. The van der Waals surface area contributed by atoms with Gasteiger partial charge in [0, 0.05) is 31.5 Å². The largest absolute Gasteiger partial charge is 0.351 e. The van der Waals surface area contributed by atoms with E-state index in [0.29, 0.717) is 18.4 Å². The Morgan fingerprint density at radius 1 is 1.40 bits per heavy atom. The molecule has 0 unspecified atom stereocenters. The van der Waals surface area contributed by atoms with Crippen molar-refractivity contribution in [1.82, 2.24) is 10.6 Å². The van der Waals surface area contributed by atoms with Gasteiger partial charge >= 0.3 is 6.03 Å². The van der Waals surface area contributed by atoms with Crippen molar-refractivity contribution in [3.05, 3.63) is 29.3 Å². The van der Waals surface area contributed by atoms with E-state index in [2.05, 4.69) is 23.3 Å². The fraction of sp³-hybridized carbons (Fsp3) is 0.333. The molecule has 2 N–H and O–H groups in total. The molecule has 1 saturated heterocycles. The molecule has 0 spiro atoms. The number of halogens is 2. The number of hydrogen-bond donors (Lipinski definition) is 3. The van der Waals surface area contributed by atoms with Crippen LogP contribution < -0.4 is 15.5 Å². The summed E-state index contributed by atoms with van der Waals surface area (Å²) in [7, 11) is 0. The molecule has 1 aliphatic heterocycles. The van der Waals surface area contributed by atoms with Crippen molar-refractivity contribution in [2.45, 2.75) is 0 Å². The Morgan fingerprint density at radius 2 is 2.15 bits per heavy atom. The number of benzene rings is 1. The highest BCUT2D eigenvalue weighted by Gasteiger charge is 2.26. The lowest BCUT2D eigenvalue weighted by Crippen LogP contribution is -2.30. The molecule has 1 aliphatic rings. The molecule has 20 heavy (non-hydrogen) atoms. The summed E-state index contributed by atoms with van der Waals surface area (Å²) in [6, 6.07) is 1.18. The number of carbonyl (C=O) groups is 2. The standard InChI is InChI=1S/C12H13F2N3O2S/c13-8-6-9(14)10(17-3-1-16-12(17)19)5-7(8)11(18)15-2-4-20/h5-6,20H,1-4H2,(H,15,18)(H,16,19). The number of hydrogen-bond acceptors (Lipinski definition) is 3. The van der Waals surface area contributed by atoms with Crippen molar-refractivity contribution in [2.75, 3.05) is 30.3 Å². The zero-order valence-electron chi connectivity index (χ0n) is 10.4. The third kappa shape index (κ3) is 2.84. The van der Waals surface area contributed by atoms with Crippen LogP contribution in [0.3, 0.4) is 0 Å². The van der Waals surface area contributed by atoms with Crippen LogP contribution in [0.4, 0.5) is 19.3 Å². The maximum Gasteiger partial charge on any atom is 0.322 e. The lowest BCUT2D eigenvalue weighted by molar-refractivity contribution is 0.0952. The van der Waals surface area contributed by atoms with Gasteiger partial charge in [-0.15, -0.1) is 0 Å². The minimum absolute atomic E-state index is 0.113. The molecule has 0 saturated carbocycles. The molecule has 5 nitrogen and oxygen atoms in total. The van der Waals surface area contributed by atoms with Crippen molar-refractivity contribution in [2.24, 2.45) is 0 Å². The molecular weight excluding hydrogens is 288 g/mol. The average molecular weight is 301 g/mol. The first kappa shape index (κ1) is 14.6. The monoisotopic (exact) mass is 301 g/mol. The van der Waals surface area contributed by atoms with Gasteiger partial charge in [-0.05, 0) is 6.07 Å². The minimum Gasteiger partial charge on any atom is -0.351 e. The van der Waals surface area contributed by atoms with Crippen LogP contribution in [0, 0.1) is 11.6 Å². The Labute approximate surface area is 119 Å². The molecule has 3 amide bonds. The Kier molecular flexibility index (Phi) is 4.43. The Balaban J connectivity index is 2.34. The molecule has 1 fully saturated rings. The van der Waals surface area contributed by atoms with Crippen molar-refractivity contribution in [1.29, 1.82) is 0 Å². The van der Waals surface area contributed by atoms with E-state index in [9.17, 15) is 18.4 Å². The van der Waals surface area contributed by atoms with Gasteiger partial charge in [-0.25, -0.2) is 13.6 Å². The second kappa shape index (κ2) is 6.08. The zero-order chi connectivity index (χ0) is 14.7. The fourth-order valence-corrected chi connectivity index (χ4v) is 2.00. The van der Waals surface area contributed by atoms with Gasteiger partial charge in [0.05, 0.1) is 11.3 Å². The van der Waals surface area contributed by atoms with Gasteiger partial charge in [-0.3, -0.25) is 9.69 Å². The second-order valence-corrected chi connectivity index (χ2v) is 4.59. The minimum atomic E-state index is -0.970. The predicted octanol–water partition coefficient (Wildman–Crippen LogP) is 1.15. The van der Waals surface area contributed by atoms with E-state index in [1.165, 1.54) is 0 Å². The van der Waals surface area contributed by atoms with Crippen molar-refractivity contribution in [3.8, 4) is 0 Å². The van der Waals surface area contributed by atoms with E-state index >= 15 is 0 Å². The highest BCUT2D eigenvalue weighted by molar-refractivity contribution is 7.80. The molecule has 1 aromatic carbocycles. The Morgan fingerprint density at radius 3 is 2.75 bits per heavy atom. The van der Waals surface area contributed by atoms with Crippen LogP contribution in [0.2, 0.25) is 0 Å². The summed E-state index contributed by atoms with van der Waals surface area (Å²) < 4.78 is 27.4. The Hall–Kier alpha value is -1.83. The lowest BCUT2D eigenvalue weighted by atomic mass is 10.1. The van der Waals surface area contributed by atoms with Gasteiger partial charge < -0.3 is 10.6 Å². The van der Waals surface area contributed by atoms with E-state index < -0.39 is 23.6 Å². The van der Waals surface area contributed by atoms with E-state index in [1.54, 1.807) is 0 Å². The first-order chi connectivity index (χ1) is 9.54. The van der Waals surface area contributed by atoms with E-state index in [-0.39, 0.29) is 24.3 Å². The van der Waals surface area contributed by atoms with Crippen LogP contribution in [0.25, 0.3) is 0 Å². The molecule has 0 aliphatic carbocycles. The number of amides is 3. The normalized spacial score (nSPS) is 14.3. The third-order valence-corrected chi connectivity index (χ3v) is 3.05. The quantitative estimate of drug-likeness (QED) is 0.731. The SMILES string of the molecule is O=C(NCCS)c1cc(N2CCNC2=O)c(F)cc1F. The number of carbonyl (C=O) groups excluding carboxylic acids is 2.